The maximum absolute atomic E-state index is 13.6. The van der Waals surface area contributed by atoms with Crippen molar-refractivity contribution in [2.24, 2.45) is 5.10 Å². The Balaban J connectivity index is 1.45. The van der Waals surface area contributed by atoms with E-state index in [4.69, 9.17) is 14.2 Å². The van der Waals surface area contributed by atoms with Crippen LogP contribution in [0.5, 0.6) is 17.2 Å². The van der Waals surface area contributed by atoms with Crippen LogP contribution in [0, 0.1) is 6.92 Å². The molecule has 0 aliphatic rings. The van der Waals surface area contributed by atoms with Crippen molar-refractivity contribution in [1.82, 2.24) is 5.43 Å². The fourth-order valence-corrected chi connectivity index (χ4v) is 5.30. The highest BCUT2D eigenvalue weighted by molar-refractivity contribution is 7.92. The highest BCUT2D eigenvalue weighted by Gasteiger charge is 2.29. The average Bonchev–Trinajstić information content (AvgIpc) is 3.00. The van der Waals surface area contributed by atoms with Gasteiger partial charge in [0.25, 0.3) is 15.9 Å². The van der Waals surface area contributed by atoms with E-state index in [1.807, 2.05) is 31.2 Å². The van der Waals surface area contributed by atoms with E-state index in [-0.39, 0.29) is 16.3 Å². The molecule has 0 spiro atoms. The number of benzene rings is 4. The van der Waals surface area contributed by atoms with Gasteiger partial charge in [0, 0.05) is 6.07 Å². The Morgan fingerprint density at radius 2 is 1.56 bits per heavy atom. The van der Waals surface area contributed by atoms with Crippen molar-refractivity contribution in [2.75, 3.05) is 25.1 Å². The number of anilines is 1. The molecule has 9 nitrogen and oxygen atoms in total. The zero-order chi connectivity index (χ0) is 29.2. The second-order valence-corrected chi connectivity index (χ2v) is 10.9. The molecular weight excluding hydrogens is 542 g/mol. The van der Waals surface area contributed by atoms with Crippen LogP contribution >= 0.6 is 0 Å². The number of rotatable bonds is 12. The first kappa shape index (κ1) is 29.2. The van der Waals surface area contributed by atoms with Crippen molar-refractivity contribution < 1.29 is 27.4 Å². The maximum Gasteiger partial charge on any atom is 0.264 e. The van der Waals surface area contributed by atoms with Gasteiger partial charge in [-0.2, -0.15) is 5.10 Å². The molecule has 0 atom stereocenters. The highest BCUT2D eigenvalue weighted by Crippen LogP contribution is 2.35. The standard InChI is InChI=1S/C31H31N3O6S/c1-23-9-11-25(12-10-23)22-40-26-15-13-24(14-16-26)20-32-33-31(35)21-34(41(36,37)28-7-5-4-6-8-28)29-19-27(38-2)17-18-30(29)39-3/h4-20H,21-22H2,1-3H3,(H,33,35)/b32-20-. The number of nitrogens with zero attached hydrogens (tertiary/aromatic N) is 2. The van der Waals surface area contributed by atoms with Crippen LogP contribution in [0.1, 0.15) is 16.7 Å². The third-order valence-electron chi connectivity index (χ3n) is 6.08. The van der Waals surface area contributed by atoms with Gasteiger partial charge in [0.15, 0.2) is 0 Å². The van der Waals surface area contributed by atoms with Gasteiger partial charge in [0.05, 0.1) is 31.0 Å². The Kier molecular flexibility index (Phi) is 9.60. The van der Waals surface area contributed by atoms with Crippen LogP contribution in [0.4, 0.5) is 5.69 Å². The molecule has 0 saturated carbocycles. The summed E-state index contributed by atoms with van der Waals surface area (Å²) in [5.41, 5.74) is 5.53. The summed E-state index contributed by atoms with van der Waals surface area (Å²) in [6.45, 7) is 1.93. The molecule has 1 N–H and O–H groups in total. The molecule has 0 bridgehead atoms. The first-order valence-corrected chi connectivity index (χ1v) is 14.1. The van der Waals surface area contributed by atoms with Crippen LogP contribution in [0.2, 0.25) is 0 Å². The average molecular weight is 574 g/mol. The monoisotopic (exact) mass is 573 g/mol. The summed E-state index contributed by atoms with van der Waals surface area (Å²) in [4.78, 5) is 12.9. The number of amides is 1. The summed E-state index contributed by atoms with van der Waals surface area (Å²) < 4.78 is 44.7. The molecule has 0 aromatic heterocycles. The molecule has 1 amide bonds. The topological polar surface area (TPSA) is 107 Å². The van der Waals surface area contributed by atoms with Crippen LogP contribution in [0.3, 0.4) is 0 Å². The van der Waals surface area contributed by atoms with Crippen LogP contribution in [-0.4, -0.2) is 41.3 Å². The van der Waals surface area contributed by atoms with E-state index in [0.29, 0.717) is 18.1 Å². The van der Waals surface area contributed by atoms with Crippen LogP contribution in [-0.2, 0) is 21.4 Å². The van der Waals surface area contributed by atoms with Gasteiger partial charge in [-0.25, -0.2) is 13.8 Å². The normalized spacial score (nSPS) is 11.2. The van der Waals surface area contributed by atoms with Crippen molar-refractivity contribution in [3.8, 4) is 17.2 Å². The predicted octanol–water partition coefficient (Wildman–Crippen LogP) is 4.94. The summed E-state index contributed by atoms with van der Waals surface area (Å²) in [7, 11) is -1.26. The van der Waals surface area contributed by atoms with Crippen LogP contribution in [0.25, 0.3) is 0 Å². The molecule has 0 aliphatic heterocycles. The Morgan fingerprint density at radius 3 is 2.22 bits per heavy atom. The molecule has 41 heavy (non-hydrogen) atoms. The molecule has 4 aromatic rings. The second kappa shape index (κ2) is 13.5. The smallest absolute Gasteiger partial charge is 0.264 e. The van der Waals surface area contributed by atoms with Gasteiger partial charge in [0.2, 0.25) is 0 Å². The van der Waals surface area contributed by atoms with E-state index < -0.39 is 22.5 Å². The van der Waals surface area contributed by atoms with Gasteiger partial charge >= 0.3 is 0 Å². The zero-order valence-electron chi connectivity index (χ0n) is 23.0. The largest absolute Gasteiger partial charge is 0.497 e. The second-order valence-electron chi connectivity index (χ2n) is 9.00. The Bertz CT molecular complexity index is 1590. The molecular formula is C31H31N3O6S. The first-order chi connectivity index (χ1) is 19.8. The number of sulfonamides is 1. The lowest BCUT2D eigenvalue weighted by Gasteiger charge is -2.25. The molecule has 0 radical (unpaired) electrons. The first-order valence-electron chi connectivity index (χ1n) is 12.7. The molecule has 0 saturated heterocycles. The summed E-state index contributed by atoms with van der Waals surface area (Å²) in [5.74, 6) is 0.703. The number of hydrogen-bond acceptors (Lipinski definition) is 7. The quantitative estimate of drug-likeness (QED) is 0.190. The molecule has 212 valence electrons. The van der Waals surface area contributed by atoms with Gasteiger partial charge in [-0.05, 0) is 66.6 Å². The van der Waals surface area contributed by atoms with E-state index in [1.54, 1.807) is 54.6 Å². The minimum atomic E-state index is -4.15. The van der Waals surface area contributed by atoms with E-state index >= 15 is 0 Å². The minimum Gasteiger partial charge on any atom is -0.497 e. The Labute approximate surface area is 240 Å². The Morgan fingerprint density at radius 1 is 0.878 bits per heavy atom. The third kappa shape index (κ3) is 7.64. The van der Waals surface area contributed by atoms with Crippen molar-refractivity contribution in [2.45, 2.75) is 18.4 Å². The highest BCUT2D eigenvalue weighted by atomic mass is 32.2. The zero-order valence-corrected chi connectivity index (χ0v) is 23.8. The molecule has 0 aliphatic carbocycles. The number of nitrogens with one attached hydrogen (secondary N) is 1. The number of hydrogen-bond donors (Lipinski definition) is 1. The lowest BCUT2D eigenvalue weighted by molar-refractivity contribution is -0.119. The number of hydrazone groups is 1. The van der Waals surface area contributed by atoms with Gasteiger partial charge in [-0.15, -0.1) is 0 Å². The van der Waals surface area contributed by atoms with E-state index in [9.17, 15) is 13.2 Å². The van der Waals surface area contributed by atoms with Crippen LogP contribution in [0.15, 0.2) is 107 Å². The van der Waals surface area contributed by atoms with Gasteiger partial charge in [0.1, 0.15) is 30.4 Å². The van der Waals surface area contributed by atoms with Crippen molar-refractivity contribution >= 4 is 27.8 Å². The van der Waals surface area contributed by atoms with Crippen LogP contribution < -0.4 is 23.9 Å². The summed E-state index contributed by atoms with van der Waals surface area (Å²) in [6.07, 6.45) is 1.46. The van der Waals surface area contributed by atoms with Gasteiger partial charge in [-0.3, -0.25) is 9.10 Å². The lowest BCUT2D eigenvalue weighted by Crippen LogP contribution is -2.39. The van der Waals surface area contributed by atoms with E-state index in [1.165, 1.54) is 44.2 Å². The van der Waals surface area contributed by atoms with Crippen molar-refractivity contribution in [3.63, 3.8) is 0 Å². The summed E-state index contributed by atoms with van der Waals surface area (Å²) in [5, 5.41) is 4.01. The maximum atomic E-state index is 13.6. The van der Waals surface area contributed by atoms with Gasteiger partial charge < -0.3 is 14.2 Å². The number of carbonyl (C=O) groups is 1. The van der Waals surface area contributed by atoms with E-state index in [2.05, 4.69) is 10.5 Å². The summed E-state index contributed by atoms with van der Waals surface area (Å²) >= 11 is 0. The molecule has 0 heterocycles. The molecule has 4 rings (SSSR count). The molecule has 10 heteroatoms. The number of carbonyl (C=O) groups excluding carboxylic acids is 1. The SMILES string of the molecule is COc1ccc(OC)c(N(CC(=O)N/N=C\c2ccc(OCc3ccc(C)cc3)cc2)S(=O)(=O)c2ccccc2)c1. The third-order valence-corrected chi connectivity index (χ3v) is 7.86. The summed E-state index contributed by atoms with van der Waals surface area (Å²) in [6, 6.07) is 27.9. The Hall–Kier alpha value is -4.83. The fraction of sp³-hybridized carbons (Fsp3) is 0.161. The number of aryl methyl sites for hydroxylation is 1. The number of ether oxygens (including phenoxy) is 3. The van der Waals surface area contributed by atoms with Gasteiger partial charge in [-0.1, -0.05) is 48.0 Å². The molecule has 4 aromatic carbocycles. The number of methoxy groups -OCH3 is 2. The fourth-order valence-electron chi connectivity index (χ4n) is 3.86. The molecule has 0 unspecified atom stereocenters. The van der Waals surface area contributed by atoms with E-state index in [0.717, 1.165) is 15.4 Å². The minimum absolute atomic E-state index is 0.0193. The molecule has 0 fully saturated rings. The van der Waals surface area contributed by atoms with Crippen molar-refractivity contribution in [1.29, 1.82) is 0 Å². The lowest BCUT2D eigenvalue weighted by atomic mass is 10.2. The predicted molar refractivity (Wildman–Crippen MR) is 158 cm³/mol. The van der Waals surface area contributed by atoms with Crippen molar-refractivity contribution in [3.05, 3.63) is 114 Å².